The second-order valence-corrected chi connectivity index (χ2v) is 10.5. The topological polar surface area (TPSA) is 74.2 Å². The highest BCUT2D eigenvalue weighted by atomic mass is 16.2. The maximum atomic E-state index is 13.6. The normalized spacial score (nSPS) is 31.1. The van der Waals surface area contributed by atoms with Gasteiger partial charge in [0.05, 0.1) is 5.41 Å². The maximum absolute atomic E-state index is 13.6. The number of carbonyl (C=O) groups excluding carboxylic acids is 1. The molecule has 0 atom stereocenters. The van der Waals surface area contributed by atoms with Crippen molar-refractivity contribution in [1.82, 2.24) is 20.1 Å². The minimum Gasteiger partial charge on any atom is -0.352 e. The van der Waals surface area contributed by atoms with Crippen molar-refractivity contribution in [2.24, 2.45) is 23.2 Å². The zero-order valence-electron chi connectivity index (χ0n) is 18.8. The monoisotopic (exact) mass is 432 g/mol. The second kappa shape index (κ2) is 7.71. The summed E-state index contributed by atoms with van der Waals surface area (Å²) in [6.45, 7) is 5.18. The molecule has 0 radical (unpaired) electrons. The Morgan fingerprint density at radius 3 is 2.19 bits per heavy atom. The van der Waals surface area contributed by atoms with Gasteiger partial charge in [0, 0.05) is 31.9 Å². The number of carbonyl (C=O) groups is 1. The van der Waals surface area contributed by atoms with Crippen LogP contribution in [-0.4, -0.2) is 52.2 Å². The first-order valence-corrected chi connectivity index (χ1v) is 12.2. The van der Waals surface area contributed by atoms with Crippen molar-refractivity contribution >= 4 is 23.4 Å². The van der Waals surface area contributed by atoms with E-state index in [1.807, 2.05) is 37.3 Å². The van der Waals surface area contributed by atoms with E-state index in [4.69, 9.17) is 0 Å². The summed E-state index contributed by atoms with van der Waals surface area (Å²) < 4.78 is 0. The number of aryl methyl sites for hydroxylation is 1. The van der Waals surface area contributed by atoms with Crippen LogP contribution in [0.25, 0.3) is 0 Å². The summed E-state index contributed by atoms with van der Waals surface area (Å²) in [4.78, 5) is 22.4. The molecule has 7 nitrogen and oxygen atoms in total. The van der Waals surface area contributed by atoms with E-state index in [9.17, 15) is 4.79 Å². The molecule has 168 valence electrons. The first-order valence-electron chi connectivity index (χ1n) is 12.2. The number of pyridine rings is 1. The van der Waals surface area contributed by atoms with Crippen LogP contribution < -0.4 is 10.2 Å². The van der Waals surface area contributed by atoms with Crippen molar-refractivity contribution in [3.05, 3.63) is 36.0 Å². The zero-order chi connectivity index (χ0) is 21.7. The average molecular weight is 433 g/mol. The summed E-state index contributed by atoms with van der Waals surface area (Å²) in [6.07, 6.45) is 7.58. The van der Waals surface area contributed by atoms with Gasteiger partial charge < -0.3 is 15.1 Å². The van der Waals surface area contributed by atoms with E-state index in [1.165, 1.54) is 19.3 Å². The van der Waals surface area contributed by atoms with Gasteiger partial charge in [0.1, 0.15) is 5.82 Å². The molecule has 0 spiro atoms. The number of aromatic nitrogens is 3. The molecule has 4 bridgehead atoms. The lowest BCUT2D eigenvalue weighted by Crippen LogP contribution is -2.58. The van der Waals surface area contributed by atoms with E-state index in [0.717, 1.165) is 80.5 Å². The van der Waals surface area contributed by atoms with Crippen LogP contribution in [-0.2, 0) is 4.79 Å². The Labute approximate surface area is 189 Å². The third-order valence-corrected chi connectivity index (χ3v) is 8.18. The SMILES string of the molecule is Cc1cccc(Nc2ccc(N3CCN(C(=O)C45CC6CC(CC(C6)C4)C5)CC3)nn2)n1. The number of rotatable bonds is 4. The highest BCUT2D eigenvalue weighted by molar-refractivity contribution is 5.83. The molecule has 7 heteroatoms. The molecule has 5 fully saturated rings. The molecule has 32 heavy (non-hydrogen) atoms. The molecular weight excluding hydrogens is 400 g/mol. The molecule has 1 saturated heterocycles. The van der Waals surface area contributed by atoms with Crippen molar-refractivity contribution < 1.29 is 4.79 Å². The third-order valence-electron chi connectivity index (χ3n) is 8.18. The van der Waals surface area contributed by atoms with Crippen LogP contribution in [0.2, 0.25) is 0 Å². The molecule has 1 amide bonds. The lowest BCUT2D eigenvalue weighted by Gasteiger charge is -2.57. The Kier molecular flexibility index (Phi) is 4.81. The number of hydrogen-bond acceptors (Lipinski definition) is 6. The fraction of sp³-hybridized carbons (Fsp3) is 0.600. The van der Waals surface area contributed by atoms with E-state index in [-0.39, 0.29) is 5.41 Å². The van der Waals surface area contributed by atoms with E-state index in [1.54, 1.807) is 0 Å². The Morgan fingerprint density at radius 2 is 1.59 bits per heavy atom. The lowest BCUT2D eigenvalue weighted by atomic mass is 9.49. The van der Waals surface area contributed by atoms with Gasteiger partial charge in [-0.2, -0.15) is 0 Å². The molecular formula is C25H32N6O. The van der Waals surface area contributed by atoms with Gasteiger partial charge in [-0.1, -0.05) is 6.07 Å². The summed E-state index contributed by atoms with van der Waals surface area (Å²) in [5.41, 5.74) is 0.925. The maximum Gasteiger partial charge on any atom is 0.228 e. The number of anilines is 3. The quantitative estimate of drug-likeness (QED) is 0.792. The van der Waals surface area contributed by atoms with Crippen molar-refractivity contribution in [2.45, 2.75) is 45.4 Å². The molecule has 0 aromatic carbocycles. The van der Waals surface area contributed by atoms with Gasteiger partial charge in [0.15, 0.2) is 11.6 Å². The van der Waals surface area contributed by atoms with Crippen molar-refractivity contribution in [2.75, 3.05) is 36.4 Å². The molecule has 2 aromatic rings. The Morgan fingerprint density at radius 1 is 0.906 bits per heavy atom. The third kappa shape index (κ3) is 3.61. The molecule has 5 aliphatic rings. The first-order chi connectivity index (χ1) is 15.6. The van der Waals surface area contributed by atoms with Gasteiger partial charge in [0.2, 0.25) is 5.91 Å². The van der Waals surface area contributed by atoms with E-state index in [2.05, 4.69) is 30.3 Å². The minimum absolute atomic E-state index is 0.0339. The lowest BCUT2D eigenvalue weighted by molar-refractivity contribution is -0.158. The van der Waals surface area contributed by atoms with Crippen LogP contribution in [0.5, 0.6) is 0 Å². The molecule has 1 N–H and O–H groups in total. The fourth-order valence-electron chi connectivity index (χ4n) is 7.15. The summed E-state index contributed by atoms with van der Waals surface area (Å²) in [5, 5.41) is 12.0. The van der Waals surface area contributed by atoms with Gasteiger partial charge in [-0.05, 0) is 87.5 Å². The highest BCUT2D eigenvalue weighted by Crippen LogP contribution is 2.60. The number of hydrogen-bond donors (Lipinski definition) is 1. The number of nitrogens with zero attached hydrogens (tertiary/aromatic N) is 5. The Balaban J connectivity index is 1.07. The van der Waals surface area contributed by atoms with Crippen molar-refractivity contribution in [1.29, 1.82) is 0 Å². The Bertz CT molecular complexity index is 962. The average Bonchev–Trinajstić information content (AvgIpc) is 2.78. The number of piperazine rings is 1. The number of nitrogens with one attached hydrogen (secondary N) is 1. The predicted molar refractivity (Wildman–Crippen MR) is 124 cm³/mol. The molecule has 4 aliphatic carbocycles. The van der Waals surface area contributed by atoms with Crippen LogP contribution in [0, 0.1) is 30.1 Å². The summed E-state index contributed by atoms with van der Waals surface area (Å²) in [5.74, 6) is 5.20. The van der Waals surface area contributed by atoms with E-state index >= 15 is 0 Å². The van der Waals surface area contributed by atoms with Crippen LogP contribution in [0.1, 0.15) is 44.2 Å². The van der Waals surface area contributed by atoms with Crippen molar-refractivity contribution in [3.8, 4) is 0 Å². The molecule has 0 unspecified atom stereocenters. The van der Waals surface area contributed by atoms with Crippen molar-refractivity contribution in [3.63, 3.8) is 0 Å². The van der Waals surface area contributed by atoms with Gasteiger partial charge in [-0.15, -0.1) is 10.2 Å². The molecule has 1 aliphatic heterocycles. The van der Waals surface area contributed by atoms with Gasteiger partial charge >= 0.3 is 0 Å². The summed E-state index contributed by atoms with van der Waals surface area (Å²) in [7, 11) is 0. The van der Waals surface area contributed by atoms with Crippen LogP contribution in [0.15, 0.2) is 30.3 Å². The Hall–Kier alpha value is -2.70. The van der Waals surface area contributed by atoms with E-state index in [0.29, 0.717) is 11.7 Å². The summed E-state index contributed by atoms with van der Waals surface area (Å²) >= 11 is 0. The van der Waals surface area contributed by atoms with Crippen LogP contribution in [0.3, 0.4) is 0 Å². The molecule has 2 aromatic heterocycles. The van der Waals surface area contributed by atoms with Gasteiger partial charge in [-0.3, -0.25) is 4.79 Å². The fourth-order valence-corrected chi connectivity index (χ4v) is 7.15. The van der Waals surface area contributed by atoms with Gasteiger partial charge in [-0.25, -0.2) is 4.98 Å². The van der Waals surface area contributed by atoms with E-state index < -0.39 is 0 Å². The predicted octanol–water partition coefficient (Wildman–Crippen LogP) is 3.79. The van der Waals surface area contributed by atoms with Crippen LogP contribution >= 0.6 is 0 Å². The smallest absolute Gasteiger partial charge is 0.228 e. The zero-order valence-corrected chi connectivity index (χ0v) is 18.8. The molecule has 7 rings (SSSR count). The standard InChI is InChI=1S/C25H32N6O/c1-17-3-2-4-21(26-17)27-22-5-6-23(29-28-22)30-7-9-31(10-8-30)24(32)25-14-18-11-19(15-25)13-20(12-18)16-25/h2-6,18-20H,7-16H2,1H3,(H,26,27,28). The number of amides is 1. The minimum atomic E-state index is -0.0339. The van der Waals surface area contributed by atoms with Gasteiger partial charge in [0.25, 0.3) is 0 Å². The summed E-state index contributed by atoms with van der Waals surface area (Å²) in [6, 6.07) is 9.80. The largest absolute Gasteiger partial charge is 0.352 e. The highest BCUT2D eigenvalue weighted by Gasteiger charge is 2.55. The second-order valence-electron chi connectivity index (χ2n) is 10.5. The molecule has 3 heterocycles. The van der Waals surface area contributed by atoms with Crippen LogP contribution in [0.4, 0.5) is 17.5 Å². The molecule has 4 saturated carbocycles. The first kappa shape index (κ1) is 19.9.